The molecule has 48 heavy (non-hydrogen) atoms. The lowest BCUT2D eigenvalue weighted by Crippen LogP contribution is -2.32. The van der Waals surface area contributed by atoms with E-state index in [1.807, 2.05) is 24.3 Å². The standard InChI is InChI=1S/C45H28N2O/c1-2-13-31(14-3-1)44-46-39-22-9-5-16-35(39)43(47-44)30-27-25-29(26-28-30)32-17-12-18-34-33-15-4-6-19-36(33)45(42(32)34)37-20-7-10-23-40(37)48-41-24-11-8-21-38(41)45/h1-28H. The van der Waals surface area contributed by atoms with Gasteiger partial charge in [-0.1, -0.05) is 152 Å². The third-order valence-corrected chi connectivity index (χ3v) is 9.97. The lowest BCUT2D eigenvalue weighted by atomic mass is 9.64. The summed E-state index contributed by atoms with van der Waals surface area (Å²) in [7, 11) is 0. The van der Waals surface area contributed by atoms with Gasteiger partial charge in [0.1, 0.15) is 11.5 Å². The zero-order valence-electron chi connectivity index (χ0n) is 26.0. The molecule has 0 amide bonds. The Balaban J connectivity index is 1.19. The summed E-state index contributed by atoms with van der Waals surface area (Å²) in [5, 5.41) is 1.04. The van der Waals surface area contributed by atoms with Gasteiger partial charge in [-0.05, 0) is 51.6 Å². The molecule has 2 aliphatic rings. The number of aromatic nitrogens is 2. The van der Waals surface area contributed by atoms with Crippen molar-refractivity contribution in [2.75, 3.05) is 0 Å². The molecular formula is C45H28N2O. The first kappa shape index (κ1) is 26.9. The molecule has 3 heteroatoms. The summed E-state index contributed by atoms with van der Waals surface area (Å²) in [6.07, 6.45) is 0. The van der Waals surface area contributed by atoms with Crippen LogP contribution < -0.4 is 4.74 Å². The highest BCUT2D eigenvalue weighted by Crippen LogP contribution is 2.63. The smallest absolute Gasteiger partial charge is 0.160 e. The van der Waals surface area contributed by atoms with Gasteiger partial charge < -0.3 is 4.74 Å². The molecule has 8 aromatic rings. The molecule has 1 aromatic heterocycles. The maximum Gasteiger partial charge on any atom is 0.160 e. The summed E-state index contributed by atoms with van der Waals surface area (Å²) in [5.74, 6) is 2.52. The minimum absolute atomic E-state index is 0.528. The molecule has 3 nitrogen and oxygen atoms in total. The minimum atomic E-state index is -0.528. The number of rotatable bonds is 3. The van der Waals surface area contributed by atoms with E-state index in [2.05, 4.69) is 146 Å². The Labute approximate surface area is 278 Å². The fraction of sp³-hybridized carbons (Fsp3) is 0.0222. The Morgan fingerprint density at radius 1 is 0.396 bits per heavy atom. The van der Waals surface area contributed by atoms with Gasteiger partial charge in [0.05, 0.1) is 16.6 Å². The highest BCUT2D eigenvalue weighted by atomic mass is 16.5. The molecule has 0 fully saturated rings. The lowest BCUT2D eigenvalue weighted by Gasteiger charge is -2.40. The van der Waals surface area contributed by atoms with E-state index < -0.39 is 5.41 Å². The van der Waals surface area contributed by atoms with Crippen LogP contribution in [0.5, 0.6) is 11.5 Å². The van der Waals surface area contributed by atoms with E-state index in [1.165, 1.54) is 38.9 Å². The van der Waals surface area contributed by atoms with E-state index in [0.29, 0.717) is 0 Å². The Morgan fingerprint density at radius 2 is 0.979 bits per heavy atom. The van der Waals surface area contributed by atoms with Crippen LogP contribution in [-0.4, -0.2) is 9.97 Å². The largest absolute Gasteiger partial charge is 0.457 e. The molecule has 1 spiro atoms. The van der Waals surface area contributed by atoms with E-state index in [9.17, 15) is 0 Å². The molecule has 0 atom stereocenters. The first-order valence-electron chi connectivity index (χ1n) is 16.3. The fourth-order valence-corrected chi connectivity index (χ4v) is 7.98. The van der Waals surface area contributed by atoms with Crippen molar-refractivity contribution >= 4 is 10.9 Å². The summed E-state index contributed by atoms with van der Waals surface area (Å²) in [6.45, 7) is 0. The van der Waals surface area contributed by atoms with E-state index >= 15 is 0 Å². The predicted octanol–water partition coefficient (Wildman–Crippen LogP) is 11.1. The average Bonchev–Trinajstić information content (AvgIpc) is 3.46. The molecule has 1 aliphatic heterocycles. The summed E-state index contributed by atoms with van der Waals surface area (Å²) in [6, 6.07) is 60.1. The molecule has 0 saturated heterocycles. The first-order chi connectivity index (χ1) is 23.8. The van der Waals surface area contributed by atoms with Crippen LogP contribution in [0.15, 0.2) is 170 Å². The lowest BCUT2D eigenvalue weighted by molar-refractivity contribution is 0.436. The summed E-state index contributed by atoms with van der Waals surface area (Å²) >= 11 is 0. The normalized spacial score (nSPS) is 13.3. The quantitative estimate of drug-likeness (QED) is 0.199. The van der Waals surface area contributed by atoms with Crippen LogP contribution >= 0.6 is 0 Å². The maximum absolute atomic E-state index is 6.57. The number of ether oxygens (including phenoxy) is 1. The number of hydrogen-bond acceptors (Lipinski definition) is 3. The van der Waals surface area contributed by atoms with Crippen molar-refractivity contribution < 1.29 is 4.74 Å². The van der Waals surface area contributed by atoms with Crippen LogP contribution in [-0.2, 0) is 5.41 Å². The van der Waals surface area contributed by atoms with Crippen LogP contribution in [0, 0.1) is 0 Å². The molecular weight excluding hydrogens is 585 g/mol. The molecule has 2 heterocycles. The molecule has 0 radical (unpaired) electrons. The molecule has 224 valence electrons. The van der Waals surface area contributed by atoms with Crippen LogP contribution in [0.4, 0.5) is 0 Å². The van der Waals surface area contributed by atoms with E-state index in [4.69, 9.17) is 14.7 Å². The summed E-state index contributed by atoms with van der Waals surface area (Å²) < 4.78 is 6.57. The molecule has 0 saturated carbocycles. The number of para-hydroxylation sites is 3. The van der Waals surface area contributed by atoms with E-state index in [0.717, 1.165) is 50.6 Å². The number of benzene rings is 7. The second-order valence-electron chi connectivity index (χ2n) is 12.5. The van der Waals surface area contributed by atoms with Crippen LogP contribution in [0.1, 0.15) is 22.3 Å². The molecule has 10 rings (SSSR count). The summed E-state index contributed by atoms with van der Waals surface area (Å²) in [5.41, 5.74) is 13.2. The molecule has 0 N–H and O–H groups in total. The van der Waals surface area contributed by atoms with E-state index in [-0.39, 0.29) is 0 Å². The van der Waals surface area contributed by atoms with Gasteiger partial charge in [0.15, 0.2) is 5.82 Å². The Morgan fingerprint density at radius 3 is 1.75 bits per heavy atom. The predicted molar refractivity (Wildman–Crippen MR) is 193 cm³/mol. The average molecular weight is 613 g/mol. The Hall–Kier alpha value is -6.32. The Kier molecular flexibility index (Phi) is 5.79. The maximum atomic E-state index is 6.57. The first-order valence-corrected chi connectivity index (χ1v) is 16.3. The molecule has 0 unspecified atom stereocenters. The van der Waals surface area contributed by atoms with Crippen molar-refractivity contribution in [2.24, 2.45) is 0 Å². The zero-order valence-corrected chi connectivity index (χ0v) is 26.0. The zero-order chi connectivity index (χ0) is 31.7. The third-order valence-electron chi connectivity index (χ3n) is 9.97. The van der Waals surface area contributed by atoms with Gasteiger partial charge in [-0.15, -0.1) is 0 Å². The van der Waals surface area contributed by atoms with Crippen LogP contribution in [0.3, 0.4) is 0 Å². The monoisotopic (exact) mass is 612 g/mol. The SMILES string of the molecule is c1ccc(-c2nc(-c3ccc(-c4cccc5c4C4(c6ccccc6Oc6ccccc64)c4ccccc4-5)cc3)c3ccccc3n2)cc1. The van der Waals surface area contributed by atoms with E-state index in [1.54, 1.807) is 0 Å². The highest BCUT2D eigenvalue weighted by molar-refractivity contribution is 5.96. The number of fused-ring (bicyclic) bond motifs is 10. The second kappa shape index (κ2) is 10.3. The van der Waals surface area contributed by atoms with Gasteiger partial charge in [-0.3, -0.25) is 0 Å². The second-order valence-corrected chi connectivity index (χ2v) is 12.5. The molecule has 0 bridgehead atoms. The van der Waals surface area contributed by atoms with Crippen molar-refractivity contribution in [1.82, 2.24) is 9.97 Å². The topological polar surface area (TPSA) is 35.0 Å². The van der Waals surface area contributed by atoms with Gasteiger partial charge in [0, 0.05) is 27.6 Å². The Bertz CT molecular complexity index is 2490. The highest BCUT2D eigenvalue weighted by Gasteiger charge is 2.52. The van der Waals surface area contributed by atoms with Gasteiger partial charge >= 0.3 is 0 Å². The third kappa shape index (κ3) is 3.76. The van der Waals surface area contributed by atoms with Crippen molar-refractivity contribution in [3.63, 3.8) is 0 Å². The fourth-order valence-electron chi connectivity index (χ4n) is 7.98. The van der Waals surface area contributed by atoms with Crippen molar-refractivity contribution in [1.29, 1.82) is 0 Å². The molecule has 1 aliphatic carbocycles. The number of hydrogen-bond donors (Lipinski definition) is 0. The van der Waals surface area contributed by atoms with Gasteiger partial charge in [0.25, 0.3) is 0 Å². The van der Waals surface area contributed by atoms with Crippen molar-refractivity contribution in [3.8, 4) is 56.4 Å². The van der Waals surface area contributed by atoms with Gasteiger partial charge in [-0.25, -0.2) is 9.97 Å². The van der Waals surface area contributed by atoms with Crippen molar-refractivity contribution in [3.05, 3.63) is 192 Å². The number of nitrogens with zero attached hydrogens (tertiary/aromatic N) is 2. The minimum Gasteiger partial charge on any atom is -0.457 e. The summed E-state index contributed by atoms with van der Waals surface area (Å²) in [4.78, 5) is 10.0. The molecule has 7 aromatic carbocycles. The van der Waals surface area contributed by atoms with Gasteiger partial charge in [-0.2, -0.15) is 0 Å². The van der Waals surface area contributed by atoms with Crippen LogP contribution in [0.2, 0.25) is 0 Å². The van der Waals surface area contributed by atoms with Crippen molar-refractivity contribution in [2.45, 2.75) is 5.41 Å². The van der Waals surface area contributed by atoms with Crippen LogP contribution in [0.25, 0.3) is 55.8 Å². The van der Waals surface area contributed by atoms with Gasteiger partial charge in [0.2, 0.25) is 0 Å².